The largest absolute Gasteiger partial charge is 0.586 e. The topological polar surface area (TPSA) is 88.7 Å². The summed E-state index contributed by atoms with van der Waals surface area (Å²) in [5.41, 5.74) is 0.387. The lowest BCUT2D eigenvalue weighted by atomic mass is 10.3. The summed E-state index contributed by atoms with van der Waals surface area (Å²) >= 11 is 0. The van der Waals surface area contributed by atoms with Crippen LogP contribution in [0, 0.1) is 0 Å². The number of alkyl halides is 2. The van der Waals surface area contributed by atoms with Crippen LogP contribution in [0.4, 0.5) is 19.3 Å². The molecule has 3 rings (SSSR count). The maximum absolute atomic E-state index is 12.9. The van der Waals surface area contributed by atoms with Crippen molar-refractivity contribution in [3.63, 3.8) is 0 Å². The van der Waals surface area contributed by atoms with E-state index in [-0.39, 0.29) is 24.1 Å². The summed E-state index contributed by atoms with van der Waals surface area (Å²) in [6, 6.07) is 3.65. The van der Waals surface area contributed by atoms with Crippen molar-refractivity contribution in [3.8, 4) is 11.5 Å². The third-order valence-corrected chi connectivity index (χ3v) is 3.02. The molecule has 22 heavy (non-hydrogen) atoms. The normalized spacial score (nSPS) is 17.7. The molecule has 0 spiro atoms. The number of nitrogens with one attached hydrogen (secondary N) is 3. The number of amides is 3. The zero-order chi connectivity index (χ0) is 15.7. The van der Waals surface area contributed by atoms with Crippen LogP contribution in [-0.4, -0.2) is 30.8 Å². The number of hydrogen-bond donors (Lipinski definition) is 3. The van der Waals surface area contributed by atoms with Gasteiger partial charge in [0.15, 0.2) is 11.5 Å². The van der Waals surface area contributed by atoms with Crippen LogP contribution in [0.5, 0.6) is 11.5 Å². The van der Waals surface area contributed by atoms with Gasteiger partial charge in [0.2, 0.25) is 5.91 Å². The summed E-state index contributed by atoms with van der Waals surface area (Å²) in [6.45, 7) is -0.186. The maximum atomic E-state index is 12.9. The van der Waals surface area contributed by atoms with Gasteiger partial charge in [-0.25, -0.2) is 4.79 Å². The molecular weight excluding hydrogens is 300 g/mol. The number of benzene rings is 1. The smallest absolute Gasteiger partial charge is 0.395 e. The SMILES string of the molecule is O=C(CNc1ccc2c(c1)OC(F)(F)O2)NC(=O)NC1CC1. The molecule has 2 aliphatic rings. The molecule has 9 heteroatoms. The number of anilines is 1. The van der Waals surface area contributed by atoms with Crippen LogP contribution in [0.1, 0.15) is 12.8 Å². The Morgan fingerprint density at radius 2 is 1.95 bits per heavy atom. The zero-order valence-electron chi connectivity index (χ0n) is 11.3. The molecule has 0 radical (unpaired) electrons. The van der Waals surface area contributed by atoms with Gasteiger partial charge in [-0.1, -0.05) is 0 Å². The average molecular weight is 313 g/mol. The molecule has 1 heterocycles. The molecule has 3 amide bonds. The molecule has 0 aromatic heterocycles. The number of imide groups is 1. The van der Waals surface area contributed by atoms with Crippen molar-refractivity contribution in [3.05, 3.63) is 18.2 Å². The summed E-state index contributed by atoms with van der Waals surface area (Å²) in [4.78, 5) is 22.9. The van der Waals surface area contributed by atoms with Gasteiger partial charge in [0.1, 0.15) is 0 Å². The Hall–Kier alpha value is -2.58. The molecule has 0 atom stereocenters. The standard InChI is InChI=1S/C13H13F2N3O4/c14-13(15)21-9-4-3-8(5-10(9)22-13)16-6-11(19)18-12(20)17-7-1-2-7/h3-5,7,16H,1-2,6H2,(H2,17,18,19,20). The third kappa shape index (κ3) is 3.54. The average Bonchev–Trinajstić information content (AvgIpc) is 3.16. The molecule has 118 valence electrons. The number of carbonyl (C=O) groups is 2. The van der Waals surface area contributed by atoms with E-state index >= 15 is 0 Å². The van der Waals surface area contributed by atoms with E-state index in [1.807, 2.05) is 0 Å². The lowest BCUT2D eigenvalue weighted by Gasteiger charge is -2.08. The quantitative estimate of drug-likeness (QED) is 0.782. The molecule has 1 aromatic rings. The van der Waals surface area contributed by atoms with Gasteiger partial charge in [-0.3, -0.25) is 10.1 Å². The lowest BCUT2D eigenvalue weighted by Crippen LogP contribution is -2.42. The molecule has 1 saturated carbocycles. The number of urea groups is 1. The van der Waals surface area contributed by atoms with Crippen molar-refractivity contribution in [1.82, 2.24) is 10.6 Å². The first kappa shape index (κ1) is 14.4. The lowest BCUT2D eigenvalue weighted by molar-refractivity contribution is -0.286. The summed E-state index contributed by atoms with van der Waals surface area (Å²) in [5, 5.41) is 7.47. The first-order valence-corrected chi connectivity index (χ1v) is 6.65. The van der Waals surface area contributed by atoms with Crippen LogP contribution in [0.15, 0.2) is 18.2 Å². The van der Waals surface area contributed by atoms with Crippen LogP contribution in [-0.2, 0) is 4.79 Å². The number of hydrogen-bond acceptors (Lipinski definition) is 5. The van der Waals surface area contributed by atoms with E-state index in [0.717, 1.165) is 12.8 Å². The van der Waals surface area contributed by atoms with Crippen molar-refractivity contribution in [1.29, 1.82) is 0 Å². The van der Waals surface area contributed by atoms with E-state index in [0.29, 0.717) is 5.69 Å². The van der Waals surface area contributed by atoms with Crippen LogP contribution in [0.3, 0.4) is 0 Å². The fraction of sp³-hybridized carbons (Fsp3) is 0.385. The van der Waals surface area contributed by atoms with Gasteiger partial charge >= 0.3 is 12.3 Å². The van der Waals surface area contributed by atoms with Gasteiger partial charge in [0.05, 0.1) is 6.54 Å². The molecule has 1 fully saturated rings. The van der Waals surface area contributed by atoms with Crippen LogP contribution in [0.25, 0.3) is 0 Å². The van der Waals surface area contributed by atoms with Gasteiger partial charge in [0.25, 0.3) is 0 Å². The predicted octanol–water partition coefficient (Wildman–Crippen LogP) is 1.41. The van der Waals surface area contributed by atoms with Gasteiger partial charge in [-0.15, -0.1) is 8.78 Å². The van der Waals surface area contributed by atoms with Gasteiger partial charge in [0, 0.05) is 17.8 Å². The van der Waals surface area contributed by atoms with Gasteiger partial charge in [-0.2, -0.15) is 0 Å². The Morgan fingerprint density at radius 3 is 2.68 bits per heavy atom. The Kier molecular flexibility index (Phi) is 3.47. The number of carbonyl (C=O) groups excluding carboxylic acids is 2. The van der Waals surface area contributed by atoms with Crippen LogP contribution < -0.4 is 25.4 Å². The van der Waals surface area contributed by atoms with E-state index in [1.165, 1.54) is 18.2 Å². The summed E-state index contributed by atoms with van der Waals surface area (Å²) < 4.78 is 34.3. The highest BCUT2D eigenvalue weighted by molar-refractivity contribution is 5.96. The van der Waals surface area contributed by atoms with Crippen LogP contribution in [0.2, 0.25) is 0 Å². The maximum Gasteiger partial charge on any atom is 0.586 e. The summed E-state index contributed by atoms with van der Waals surface area (Å²) in [7, 11) is 0. The van der Waals surface area contributed by atoms with E-state index in [9.17, 15) is 18.4 Å². The molecule has 1 aliphatic heterocycles. The fourth-order valence-electron chi connectivity index (χ4n) is 1.86. The minimum absolute atomic E-state index is 0.0798. The highest BCUT2D eigenvalue weighted by Gasteiger charge is 2.43. The molecule has 0 bridgehead atoms. The second-order valence-electron chi connectivity index (χ2n) is 4.98. The molecule has 0 unspecified atom stereocenters. The molecule has 1 aromatic carbocycles. The first-order valence-electron chi connectivity index (χ1n) is 6.65. The molecule has 3 N–H and O–H groups in total. The highest BCUT2D eigenvalue weighted by atomic mass is 19.3. The van der Waals surface area contributed by atoms with E-state index in [4.69, 9.17) is 0 Å². The van der Waals surface area contributed by atoms with E-state index in [1.54, 1.807) is 0 Å². The zero-order valence-corrected chi connectivity index (χ0v) is 11.3. The first-order chi connectivity index (χ1) is 10.4. The Morgan fingerprint density at radius 1 is 1.23 bits per heavy atom. The van der Waals surface area contributed by atoms with E-state index in [2.05, 4.69) is 25.4 Å². The predicted molar refractivity (Wildman–Crippen MR) is 70.8 cm³/mol. The monoisotopic (exact) mass is 313 g/mol. The second-order valence-corrected chi connectivity index (χ2v) is 4.98. The van der Waals surface area contributed by atoms with Crippen molar-refractivity contribution in [2.24, 2.45) is 0 Å². The summed E-state index contributed by atoms with van der Waals surface area (Å²) in [6.07, 6.45) is -1.84. The molecular formula is C13H13F2N3O4. The minimum atomic E-state index is -3.68. The number of halogens is 2. The van der Waals surface area contributed by atoms with Gasteiger partial charge < -0.3 is 20.1 Å². The Balaban J connectivity index is 1.49. The van der Waals surface area contributed by atoms with Crippen molar-refractivity contribution in [2.45, 2.75) is 25.2 Å². The fourth-order valence-corrected chi connectivity index (χ4v) is 1.86. The second kappa shape index (κ2) is 5.32. The van der Waals surface area contributed by atoms with Crippen LogP contribution >= 0.6 is 0 Å². The Labute approximate surface area is 124 Å². The number of ether oxygens (including phenoxy) is 2. The Bertz CT molecular complexity index is 619. The van der Waals surface area contributed by atoms with Crippen molar-refractivity contribution in [2.75, 3.05) is 11.9 Å². The minimum Gasteiger partial charge on any atom is -0.395 e. The van der Waals surface area contributed by atoms with Crippen molar-refractivity contribution < 1.29 is 27.8 Å². The van der Waals surface area contributed by atoms with Gasteiger partial charge in [-0.05, 0) is 25.0 Å². The van der Waals surface area contributed by atoms with E-state index < -0.39 is 18.2 Å². The summed E-state index contributed by atoms with van der Waals surface area (Å²) in [5.74, 6) is -0.744. The highest BCUT2D eigenvalue weighted by Crippen LogP contribution is 2.42. The number of rotatable bonds is 4. The number of fused-ring (bicyclic) bond motifs is 1. The third-order valence-electron chi connectivity index (χ3n) is 3.02. The molecule has 1 aliphatic carbocycles. The molecule has 0 saturated heterocycles. The van der Waals surface area contributed by atoms with Crippen molar-refractivity contribution >= 4 is 17.6 Å². The molecule has 7 nitrogen and oxygen atoms in total.